The molecule has 0 radical (unpaired) electrons. The fourth-order valence-corrected chi connectivity index (χ4v) is 2.74. The highest BCUT2D eigenvalue weighted by molar-refractivity contribution is 7.09. The van der Waals surface area contributed by atoms with Gasteiger partial charge in [-0.2, -0.15) is 4.39 Å². The van der Waals surface area contributed by atoms with Crippen molar-refractivity contribution in [1.82, 2.24) is 9.88 Å². The van der Waals surface area contributed by atoms with E-state index in [1.807, 2.05) is 18.9 Å². The van der Waals surface area contributed by atoms with Crippen molar-refractivity contribution in [2.45, 2.75) is 20.0 Å². The average molecular weight is 295 g/mol. The van der Waals surface area contributed by atoms with E-state index in [1.165, 1.54) is 12.1 Å². The van der Waals surface area contributed by atoms with Crippen molar-refractivity contribution in [2.75, 3.05) is 7.05 Å². The molecule has 0 bridgehead atoms. The largest absolute Gasteiger partial charge is 0.304 e. The third-order valence-electron chi connectivity index (χ3n) is 2.92. The number of nitro groups is 1. The van der Waals surface area contributed by atoms with Gasteiger partial charge in [0.25, 0.3) is 0 Å². The van der Waals surface area contributed by atoms with Gasteiger partial charge in [0.2, 0.25) is 5.82 Å². The van der Waals surface area contributed by atoms with Crippen molar-refractivity contribution in [3.8, 4) is 0 Å². The van der Waals surface area contributed by atoms with Gasteiger partial charge in [0.05, 0.1) is 16.1 Å². The lowest BCUT2D eigenvalue weighted by molar-refractivity contribution is -0.387. The number of hydrogen-bond acceptors (Lipinski definition) is 5. The van der Waals surface area contributed by atoms with Gasteiger partial charge in [0.1, 0.15) is 0 Å². The minimum atomic E-state index is -0.796. The molecule has 1 aromatic carbocycles. The minimum Gasteiger partial charge on any atom is -0.297 e. The molecule has 0 unspecified atom stereocenters. The molecule has 2 aromatic rings. The van der Waals surface area contributed by atoms with Crippen LogP contribution in [0.1, 0.15) is 16.1 Å². The van der Waals surface area contributed by atoms with E-state index < -0.39 is 16.4 Å². The van der Waals surface area contributed by atoms with Crippen LogP contribution in [0.4, 0.5) is 10.1 Å². The maximum Gasteiger partial charge on any atom is 0.304 e. The third-order valence-corrected chi connectivity index (χ3v) is 3.84. The molecule has 0 saturated heterocycles. The number of aryl methyl sites for hydroxylation is 1. The van der Waals surface area contributed by atoms with Crippen LogP contribution in [0.5, 0.6) is 0 Å². The van der Waals surface area contributed by atoms with Crippen molar-refractivity contribution in [3.63, 3.8) is 0 Å². The van der Waals surface area contributed by atoms with Crippen molar-refractivity contribution in [1.29, 1.82) is 0 Å². The fourth-order valence-electron chi connectivity index (χ4n) is 1.89. The molecule has 1 aromatic heterocycles. The summed E-state index contributed by atoms with van der Waals surface area (Å²) in [5.74, 6) is -0.796. The molecule has 0 N–H and O–H groups in total. The molecular weight excluding hydrogens is 281 g/mol. The molecule has 5 nitrogen and oxygen atoms in total. The Morgan fingerprint density at radius 2 is 2.20 bits per heavy atom. The molecule has 0 aliphatic heterocycles. The standard InChI is InChI=1S/C13H14FN3O2S/c1-9-13(20-8-15-9)7-16(2)6-10-3-4-12(17(18)19)11(14)5-10/h3-5,8H,6-7H2,1-2H3. The molecule has 106 valence electrons. The molecule has 0 amide bonds. The average Bonchev–Trinajstić information content (AvgIpc) is 2.74. The Kier molecular flexibility index (Phi) is 4.41. The Balaban J connectivity index is 2.05. The first kappa shape index (κ1) is 14.5. The number of aromatic nitrogens is 1. The van der Waals surface area contributed by atoms with E-state index in [4.69, 9.17) is 0 Å². The van der Waals surface area contributed by atoms with E-state index in [1.54, 1.807) is 22.9 Å². The summed E-state index contributed by atoms with van der Waals surface area (Å²) in [7, 11) is 1.92. The highest BCUT2D eigenvalue weighted by Gasteiger charge is 2.14. The number of halogens is 1. The maximum absolute atomic E-state index is 13.5. The summed E-state index contributed by atoms with van der Waals surface area (Å²) in [5, 5.41) is 10.6. The lowest BCUT2D eigenvalue weighted by Gasteiger charge is -2.16. The lowest BCUT2D eigenvalue weighted by Crippen LogP contribution is -2.17. The number of nitro benzene ring substituents is 1. The Morgan fingerprint density at radius 1 is 1.45 bits per heavy atom. The predicted molar refractivity (Wildman–Crippen MR) is 75.1 cm³/mol. The predicted octanol–water partition coefficient (Wildman–Crippen LogP) is 3.13. The van der Waals surface area contributed by atoms with Gasteiger partial charge in [-0.05, 0) is 25.6 Å². The number of hydrogen-bond donors (Lipinski definition) is 0. The van der Waals surface area contributed by atoms with E-state index >= 15 is 0 Å². The molecule has 0 spiro atoms. The third kappa shape index (κ3) is 3.37. The van der Waals surface area contributed by atoms with Crippen LogP contribution in [0.2, 0.25) is 0 Å². The monoisotopic (exact) mass is 295 g/mol. The number of benzene rings is 1. The van der Waals surface area contributed by atoms with Crippen LogP contribution >= 0.6 is 11.3 Å². The first-order valence-electron chi connectivity index (χ1n) is 5.97. The highest BCUT2D eigenvalue weighted by Crippen LogP contribution is 2.20. The van der Waals surface area contributed by atoms with Crippen LogP contribution in [0.3, 0.4) is 0 Å². The Hall–Kier alpha value is -1.86. The summed E-state index contributed by atoms with van der Waals surface area (Å²) in [6, 6.07) is 4.00. The van der Waals surface area contributed by atoms with Crippen molar-refractivity contribution in [3.05, 3.63) is 55.8 Å². The SMILES string of the molecule is Cc1ncsc1CN(C)Cc1ccc([N+](=O)[O-])c(F)c1. The summed E-state index contributed by atoms with van der Waals surface area (Å²) in [6.45, 7) is 3.19. The van der Waals surface area contributed by atoms with Crippen LogP contribution < -0.4 is 0 Å². The van der Waals surface area contributed by atoms with Gasteiger partial charge in [-0.25, -0.2) is 4.98 Å². The van der Waals surface area contributed by atoms with Gasteiger partial charge >= 0.3 is 5.69 Å². The van der Waals surface area contributed by atoms with E-state index in [2.05, 4.69) is 4.98 Å². The Labute approximate surface area is 119 Å². The van der Waals surface area contributed by atoms with Crippen LogP contribution in [0, 0.1) is 22.9 Å². The summed E-state index contributed by atoms with van der Waals surface area (Å²) < 4.78 is 13.5. The zero-order valence-electron chi connectivity index (χ0n) is 11.2. The second-order valence-electron chi connectivity index (χ2n) is 4.58. The normalized spacial score (nSPS) is 11.0. The molecule has 0 atom stereocenters. The molecule has 1 heterocycles. The zero-order valence-corrected chi connectivity index (χ0v) is 12.0. The van der Waals surface area contributed by atoms with Gasteiger partial charge in [-0.15, -0.1) is 11.3 Å². The second-order valence-corrected chi connectivity index (χ2v) is 5.52. The second kappa shape index (κ2) is 6.06. The summed E-state index contributed by atoms with van der Waals surface area (Å²) in [4.78, 5) is 17.2. The lowest BCUT2D eigenvalue weighted by atomic mass is 10.2. The summed E-state index contributed by atoms with van der Waals surface area (Å²) in [6.07, 6.45) is 0. The highest BCUT2D eigenvalue weighted by atomic mass is 32.1. The van der Waals surface area contributed by atoms with Gasteiger partial charge in [0.15, 0.2) is 0 Å². The van der Waals surface area contributed by atoms with Crippen molar-refractivity contribution < 1.29 is 9.31 Å². The first-order chi connectivity index (χ1) is 9.47. The smallest absolute Gasteiger partial charge is 0.297 e. The van der Waals surface area contributed by atoms with Gasteiger partial charge in [-0.3, -0.25) is 15.0 Å². The van der Waals surface area contributed by atoms with Gasteiger partial charge < -0.3 is 0 Å². The van der Waals surface area contributed by atoms with Crippen LogP contribution in [-0.4, -0.2) is 21.9 Å². The molecular formula is C13H14FN3O2S. The first-order valence-corrected chi connectivity index (χ1v) is 6.85. The molecule has 2 rings (SSSR count). The van der Waals surface area contributed by atoms with Crippen LogP contribution in [0.25, 0.3) is 0 Å². The van der Waals surface area contributed by atoms with Gasteiger partial charge in [0, 0.05) is 24.0 Å². The molecule has 0 aliphatic rings. The maximum atomic E-state index is 13.5. The molecule has 0 fully saturated rings. The van der Waals surface area contributed by atoms with Crippen LogP contribution in [0.15, 0.2) is 23.7 Å². The summed E-state index contributed by atoms with van der Waals surface area (Å²) >= 11 is 1.58. The number of nitrogens with zero attached hydrogens (tertiary/aromatic N) is 3. The van der Waals surface area contributed by atoms with Crippen LogP contribution in [-0.2, 0) is 13.1 Å². The van der Waals surface area contributed by atoms with E-state index in [-0.39, 0.29) is 0 Å². The van der Waals surface area contributed by atoms with E-state index in [9.17, 15) is 14.5 Å². The topological polar surface area (TPSA) is 59.3 Å². The zero-order chi connectivity index (χ0) is 14.7. The Bertz CT molecular complexity index is 630. The fraction of sp³-hybridized carbons (Fsp3) is 0.308. The Morgan fingerprint density at radius 3 is 2.75 bits per heavy atom. The summed E-state index contributed by atoms with van der Waals surface area (Å²) in [5.41, 5.74) is 3.01. The van der Waals surface area contributed by atoms with Gasteiger partial charge in [-0.1, -0.05) is 6.07 Å². The quantitative estimate of drug-likeness (QED) is 0.628. The van der Waals surface area contributed by atoms with Crippen molar-refractivity contribution in [2.24, 2.45) is 0 Å². The van der Waals surface area contributed by atoms with Crippen molar-refractivity contribution >= 4 is 17.0 Å². The molecule has 7 heteroatoms. The number of thiazole rings is 1. The van der Waals surface area contributed by atoms with E-state index in [0.717, 1.165) is 17.1 Å². The van der Waals surface area contributed by atoms with E-state index in [0.29, 0.717) is 12.1 Å². The number of rotatable bonds is 5. The molecule has 0 saturated carbocycles. The minimum absolute atomic E-state index is 0.491. The molecule has 20 heavy (non-hydrogen) atoms. The molecule has 0 aliphatic carbocycles.